The number of fused-ring (bicyclic) bond motifs is 1. The van der Waals surface area contributed by atoms with E-state index in [1.165, 1.54) is 0 Å². The van der Waals surface area contributed by atoms with Crippen molar-refractivity contribution in [2.45, 2.75) is 6.92 Å². The van der Waals surface area contributed by atoms with Gasteiger partial charge in [0.1, 0.15) is 5.75 Å². The third kappa shape index (κ3) is 2.12. The summed E-state index contributed by atoms with van der Waals surface area (Å²) in [5, 5.41) is 1.83. The smallest absolute Gasteiger partial charge is 0.131 e. The summed E-state index contributed by atoms with van der Waals surface area (Å²) in [6, 6.07) is 13.9. The second kappa shape index (κ2) is 5.14. The molecule has 100 valence electrons. The maximum absolute atomic E-state index is 5.98. The van der Waals surface area contributed by atoms with Gasteiger partial charge in [0.05, 0.1) is 18.2 Å². The fourth-order valence-electron chi connectivity index (χ4n) is 2.49. The number of hydrogen-bond donors (Lipinski definition) is 0. The minimum Gasteiger partial charge on any atom is -0.496 e. The molecule has 0 N–H and O–H groups in total. The van der Waals surface area contributed by atoms with Gasteiger partial charge < -0.3 is 4.74 Å². The highest BCUT2D eigenvalue weighted by Crippen LogP contribution is 2.38. The van der Waals surface area contributed by atoms with Crippen LogP contribution in [0.25, 0.3) is 22.0 Å². The highest BCUT2D eigenvalue weighted by molar-refractivity contribution is 6.30. The van der Waals surface area contributed by atoms with E-state index >= 15 is 0 Å². The minimum absolute atomic E-state index is 0.720. The first-order chi connectivity index (χ1) is 9.70. The molecule has 2 nitrogen and oxygen atoms in total. The van der Waals surface area contributed by atoms with Gasteiger partial charge in [-0.25, -0.2) is 0 Å². The standard InChI is InChI=1S/C17H14ClNO/c1-11-10-13-4-3-9-19-16(13)15(17(11)20-2)12-5-7-14(18)8-6-12/h3-10H,1-2H3. The van der Waals surface area contributed by atoms with Gasteiger partial charge in [0.15, 0.2) is 0 Å². The average Bonchev–Trinajstić information content (AvgIpc) is 2.47. The number of pyridine rings is 1. The number of nitrogens with zero attached hydrogens (tertiary/aromatic N) is 1. The SMILES string of the molecule is COc1c(C)cc2cccnc2c1-c1ccc(Cl)cc1. The molecule has 0 unspecified atom stereocenters. The van der Waals surface area contributed by atoms with E-state index in [0.717, 1.165) is 38.4 Å². The Morgan fingerprint density at radius 2 is 1.85 bits per heavy atom. The molecule has 3 rings (SSSR count). The third-order valence-corrected chi connectivity index (χ3v) is 3.62. The second-order valence-corrected chi connectivity index (χ2v) is 5.12. The molecular weight excluding hydrogens is 270 g/mol. The van der Waals surface area contributed by atoms with Gasteiger partial charge in [-0.05, 0) is 42.3 Å². The van der Waals surface area contributed by atoms with Crippen molar-refractivity contribution in [1.82, 2.24) is 4.98 Å². The van der Waals surface area contributed by atoms with E-state index < -0.39 is 0 Å². The first kappa shape index (κ1) is 12.9. The predicted octanol–water partition coefficient (Wildman–Crippen LogP) is 4.87. The number of aryl methyl sites for hydroxylation is 1. The van der Waals surface area contributed by atoms with Crippen LogP contribution in [0.4, 0.5) is 0 Å². The Labute approximate surface area is 123 Å². The maximum Gasteiger partial charge on any atom is 0.131 e. The Bertz CT molecular complexity index is 766. The Morgan fingerprint density at radius 3 is 2.55 bits per heavy atom. The molecule has 1 aromatic heterocycles. The molecule has 0 amide bonds. The summed E-state index contributed by atoms with van der Waals surface area (Å²) in [4.78, 5) is 4.52. The molecule has 0 fully saturated rings. The summed E-state index contributed by atoms with van der Waals surface area (Å²) in [6.45, 7) is 2.05. The molecule has 3 heteroatoms. The highest BCUT2D eigenvalue weighted by atomic mass is 35.5. The molecule has 0 radical (unpaired) electrons. The number of methoxy groups -OCH3 is 1. The van der Waals surface area contributed by atoms with Gasteiger partial charge in [0.2, 0.25) is 0 Å². The van der Waals surface area contributed by atoms with E-state index in [1.807, 2.05) is 37.3 Å². The molecule has 1 heterocycles. The first-order valence-electron chi connectivity index (χ1n) is 6.39. The van der Waals surface area contributed by atoms with Crippen LogP contribution in [0.2, 0.25) is 5.02 Å². The van der Waals surface area contributed by atoms with Crippen LogP contribution in [0.3, 0.4) is 0 Å². The van der Waals surface area contributed by atoms with Crippen molar-refractivity contribution in [3.05, 3.63) is 59.2 Å². The first-order valence-corrected chi connectivity index (χ1v) is 6.77. The van der Waals surface area contributed by atoms with Crippen molar-refractivity contribution in [2.24, 2.45) is 0 Å². The van der Waals surface area contributed by atoms with Crippen LogP contribution in [0.5, 0.6) is 5.75 Å². The summed E-state index contributed by atoms with van der Waals surface area (Å²) in [5.41, 5.74) is 4.11. The number of hydrogen-bond acceptors (Lipinski definition) is 2. The van der Waals surface area contributed by atoms with Gasteiger partial charge >= 0.3 is 0 Å². The Hall–Kier alpha value is -2.06. The molecule has 2 aromatic carbocycles. The number of aromatic nitrogens is 1. The van der Waals surface area contributed by atoms with E-state index in [2.05, 4.69) is 17.1 Å². The van der Waals surface area contributed by atoms with E-state index in [0.29, 0.717) is 0 Å². The number of benzene rings is 2. The molecular formula is C17H14ClNO. The predicted molar refractivity (Wildman–Crippen MR) is 83.5 cm³/mol. The average molecular weight is 284 g/mol. The highest BCUT2D eigenvalue weighted by Gasteiger charge is 2.14. The zero-order chi connectivity index (χ0) is 14.1. The van der Waals surface area contributed by atoms with Crippen molar-refractivity contribution >= 4 is 22.5 Å². The summed E-state index contributed by atoms with van der Waals surface area (Å²) in [6.07, 6.45) is 1.80. The second-order valence-electron chi connectivity index (χ2n) is 4.68. The lowest BCUT2D eigenvalue weighted by atomic mass is 9.98. The molecule has 0 spiro atoms. The van der Waals surface area contributed by atoms with Gasteiger partial charge in [-0.2, -0.15) is 0 Å². The zero-order valence-electron chi connectivity index (χ0n) is 11.4. The van der Waals surface area contributed by atoms with E-state index in [4.69, 9.17) is 16.3 Å². The fourth-order valence-corrected chi connectivity index (χ4v) is 2.62. The summed E-state index contributed by atoms with van der Waals surface area (Å²) < 4.78 is 5.60. The van der Waals surface area contributed by atoms with Crippen molar-refractivity contribution in [3.8, 4) is 16.9 Å². The van der Waals surface area contributed by atoms with Gasteiger partial charge in [0, 0.05) is 16.6 Å². The van der Waals surface area contributed by atoms with Crippen LogP contribution < -0.4 is 4.74 Å². The van der Waals surface area contributed by atoms with Crippen LogP contribution in [-0.4, -0.2) is 12.1 Å². The van der Waals surface area contributed by atoms with E-state index in [-0.39, 0.29) is 0 Å². The molecule has 20 heavy (non-hydrogen) atoms. The third-order valence-electron chi connectivity index (χ3n) is 3.37. The van der Waals surface area contributed by atoms with Crippen molar-refractivity contribution < 1.29 is 4.74 Å². The Morgan fingerprint density at radius 1 is 1.10 bits per heavy atom. The van der Waals surface area contributed by atoms with Crippen molar-refractivity contribution in [1.29, 1.82) is 0 Å². The molecule has 0 aliphatic heterocycles. The molecule has 0 aliphatic carbocycles. The lowest BCUT2D eigenvalue weighted by Crippen LogP contribution is -1.94. The molecule has 0 aliphatic rings. The molecule has 0 saturated heterocycles. The van der Waals surface area contributed by atoms with Crippen LogP contribution >= 0.6 is 11.6 Å². The quantitative estimate of drug-likeness (QED) is 0.669. The Balaban J connectivity index is 2.39. The molecule has 0 saturated carbocycles. The maximum atomic E-state index is 5.98. The van der Waals surface area contributed by atoms with Crippen LogP contribution in [-0.2, 0) is 0 Å². The normalized spacial score (nSPS) is 10.8. The van der Waals surface area contributed by atoms with Crippen molar-refractivity contribution in [2.75, 3.05) is 7.11 Å². The van der Waals surface area contributed by atoms with Crippen molar-refractivity contribution in [3.63, 3.8) is 0 Å². The fraction of sp³-hybridized carbons (Fsp3) is 0.118. The van der Waals surface area contributed by atoms with E-state index in [1.54, 1.807) is 13.3 Å². The summed E-state index contributed by atoms with van der Waals surface area (Å²) in [5.74, 6) is 0.860. The summed E-state index contributed by atoms with van der Waals surface area (Å²) in [7, 11) is 1.69. The molecule has 0 atom stereocenters. The number of halogens is 1. The van der Waals surface area contributed by atoms with Crippen LogP contribution in [0, 0.1) is 6.92 Å². The Kier molecular flexibility index (Phi) is 3.33. The lowest BCUT2D eigenvalue weighted by molar-refractivity contribution is 0.414. The van der Waals surface area contributed by atoms with Gasteiger partial charge in [0.25, 0.3) is 0 Å². The van der Waals surface area contributed by atoms with Crippen LogP contribution in [0.15, 0.2) is 48.7 Å². The minimum atomic E-state index is 0.720. The van der Waals surface area contributed by atoms with Gasteiger partial charge in [-0.1, -0.05) is 29.8 Å². The monoisotopic (exact) mass is 283 g/mol. The lowest BCUT2D eigenvalue weighted by Gasteiger charge is -2.14. The molecule has 0 bridgehead atoms. The summed E-state index contributed by atoms with van der Waals surface area (Å²) >= 11 is 5.98. The van der Waals surface area contributed by atoms with Gasteiger partial charge in [-0.3, -0.25) is 4.98 Å². The topological polar surface area (TPSA) is 22.1 Å². The largest absolute Gasteiger partial charge is 0.496 e. The van der Waals surface area contributed by atoms with E-state index in [9.17, 15) is 0 Å². The number of rotatable bonds is 2. The van der Waals surface area contributed by atoms with Crippen LogP contribution in [0.1, 0.15) is 5.56 Å². The van der Waals surface area contributed by atoms with Gasteiger partial charge in [-0.15, -0.1) is 0 Å². The molecule has 3 aromatic rings. The zero-order valence-corrected chi connectivity index (χ0v) is 12.1. The number of ether oxygens (including phenoxy) is 1.